The average Bonchev–Trinajstić information content (AvgIpc) is 3.00. The molecule has 2 N–H and O–H groups in total. The van der Waals surface area contributed by atoms with Gasteiger partial charge in [0.25, 0.3) is 0 Å². The van der Waals surface area contributed by atoms with E-state index in [4.69, 9.17) is 14.9 Å². The molecule has 2 atom stereocenters. The highest BCUT2D eigenvalue weighted by atomic mass is 19.1. The SMILES string of the molecule is C=CN=C(/C=C(\C)O/C=C/C(F)C(N)C=C)c1cnco1. The topological polar surface area (TPSA) is 73.6 Å². The molecule has 0 aliphatic heterocycles. The zero-order valence-corrected chi connectivity index (χ0v) is 11.8. The van der Waals surface area contributed by atoms with E-state index >= 15 is 0 Å². The summed E-state index contributed by atoms with van der Waals surface area (Å²) in [6.07, 6.45) is 8.21. The second-order valence-electron chi connectivity index (χ2n) is 4.02. The van der Waals surface area contributed by atoms with Crippen LogP contribution in [0.2, 0.25) is 0 Å². The van der Waals surface area contributed by atoms with Crippen molar-refractivity contribution in [3.8, 4) is 0 Å². The third-order valence-electron chi connectivity index (χ3n) is 2.41. The van der Waals surface area contributed by atoms with Crippen LogP contribution in [0.25, 0.3) is 0 Å². The largest absolute Gasteiger partial charge is 0.470 e. The molecular formula is C15H18FN3O2. The summed E-state index contributed by atoms with van der Waals surface area (Å²) >= 11 is 0. The lowest BCUT2D eigenvalue weighted by atomic mass is 10.2. The van der Waals surface area contributed by atoms with E-state index in [0.29, 0.717) is 17.2 Å². The highest BCUT2D eigenvalue weighted by molar-refractivity contribution is 6.07. The Morgan fingerprint density at radius 2 is 2.33 bits per heavy atom. The monoisotopic (exact) mass is 291 g/mol. The third-order valence-corrected chi connectivity index (χ3v) is 2.41. The maximum absolute atomic E-state index is 13.4. The van der Waals surface area contributed by atoms with Gasteiger partial charge < -0.3 is 14.9 Å². The molecule has 112 valence electrons. The predicted octanol–water partition coefficient (Wildman–Crippen LogP) is 2.89. The minimum Gasteiger partial charge on any atom is -0.470 e. The summed E-state index contributed by atoms with van der Waals surface area (Å²) in [7, 11) is 0. The molecule has 0 amide bonds. The molecule has 21 heavy (non-hydrogen) atoms. The van der Waals surface area contributed by atoms with E-state index in [1.54, 1.807) is 13.0 Å². The number of oxazole rings is 1. The fraction of sp³-hybridized carbons (Fsp3) is 0.200. The van der Waals surface area contributed by atoms with Gasteiger partial charge in [-0.25, -0.2) is 9.37 Å². The van der Waals surface area contributed by atoms with Crippen molar-refractivity contribution in [2.24, 2.45) is 10.7 Å². The standard InChI is InChI=1S/C15H18FN3O2/c1-4-13(17)12(16)6-7-20-11(3)8-14(19-5-2)15-9-18-10-21-15/h4-10,12-13H,1-2,17H2,3H3/b7-6+,11-8+,19-14?. The zero-order valence-electron chi connectivity index (χ0n) is 11.8. The molecule has 1 heterocycles. The molecule has 0 fully saturated rings. The molecule has 0 bridgehead atoms. The van der Waals surface area contributed by atoms with Gasteiger partial charge in [-0.05, 0) is 13.0 Å². The summed E-state index contributed by atoms with van der Waals surface area (Å²) in [4.78, 5) is 7.86. The normalized spacial score (nSPS) is 15.8. The van der Waals surface area contributed by atoms with Crippen molar-refractivity contribution in [3.05, 3.63) is 68.0 Å². The van der Waals surface area contributed by atoms with Crippen molar-refractivity contribution >= 4 is 5.71 Å². The van der Waals surface area contributed by atoms with Gasteiger partial charge in [-0.15, -0.1) is 6.58 Å². The molecule has 0 aliphatic rings. The first kappa shape index (κ1) is 16.6. The van der Waals surface area contributed by atoms with Crippen LogP contribution in [-0.2, 0) is 4.74 Å². The lowest BCUT2D eigenvalue weighted by Crippen LogP contribution is -2.27. The van der Waals surface area contributed by atoms with Gasteiger partial charge in [0.2, 0.25) is 0 Å². The van der Waals surface area contributed by atoms with Crippen LogP contribution in [0.4, 0.5) is 4.39 Å². The summed E-state index contributed by atoms with van der Waals surface area (Å²) in [5.74, 6) is 0.960. The minimum absolute atomic E-state index is 0.471. The molecule has 1 aromatic rings. The molecule has 0 aliphatic carbocycles. The first-order valence-corrected chi connectivity index (χ1v) is 6.20. The summed E-state index contributed by atoms with van der Waals surface area (Å²) in [6.45, 7) is 8.64. The predicted molar refractivity (Wildman–Crippen MR) is 80.3 cm³/mol. The highest BCUT2D eigenvalue weighted by Gasteiger charge is 2.09. The lowest BCUT2D eigenvalue weighted by molar-refractivity contribution is 0.328. The summed E-state index contributed by atoms with van der Waals surface area (Å²) in [6, 6.07) is -0.763. The lowest BCUT2D eigenvalue weighted by Gasteiger charge is -2.07. The van der Waals surface area contributed by atoms with Crippen molar-refractivity contribution in [1.82, 2.24) is 4.98 Å². The van der Waals surface area contributed by atoms with Crippen molar-refractivity contribution in [3.63, 3.8) is 0 Å². The van der Waals surface area contributed by atoms with Gasteiger partial charge in [0.15, 0.2) is 12.2 Å². The third kappa shape index (κ3) is 5.58. The fourth-order valence-corrected chi connectivity index (χ4v) is 1.32. The van der Waals surface area contributed by atoms with Crippen LogP contribution in [0.15, 0.2) is 71.6 Å². The van der Waals surface area contributed by atoms with Gasteiger partial charge in [0.1, 0.15) is 17.6 Å². The Hall–Kier alpha value is -2.47. The number of aliphatic imine (C=N–C) groups is 1. The smallest absolute Gasteiger partial charge is 0.181 e. The van der Waals surface area contributed by atoms with Crippen LogP contribution in [0.5, 0.6) is 0 Å². The zero-order chi connectivity index (χ0) is 15.7. The second-order valence-corrected chi connectivity index (χ2v) is 4.02. The minimum atomic E-state index is -1.36. The molecule has 0 spiro atoms. The fourth-order valence-electron chi connectivity index (χ4n) is 1.32. The van der Waals surface area contributed by atoms with Crippen LogP contribution in [0.1, 0.15) is 12.7 Å². The van der Waals surface area contributed by atoms with Crippen LogP contribution in [-0.4, -0.2) is 22.9 Å². The molecule has 1 aromatic heterocycles. The van der Waals surface area contributed by atoms with E-state index in [2.05, 4.69) is 23.1 Å². The number of alkyl halides is 1. The van der Waals surface area contributed by atoms with Gasteiger partial charge in [0, 0.05) is 12.3 Å². The molecule has 2 unspecified atom stereocenters. The van der Waals surface area contributed by atoms with Crippen molar-refractivity contribution < 1.29 is 13.5 Å². The number of rotatable bonds is 8. The van der Waals surface area contributed by atoms with Crippen LogP contribution in [0, 0.1) is 0 Å². The van der Waals surface area contributed by atoms with E-state index < -0.39 is 12.2 Å². The summed E-state index contributed by atoms with van der Waals surface area (Å²) < 4.78 is 23.8. The van der Waals surface area contributed by atoms with Crippen LogP contribution in [0.3, 0.4) is 0 Å². The summed E-state index contributed by atoms with van der Waals surface area (Å²) in [5, 5.41) is 0. The van der Waals surface area contributed by atoms with Crippen molar-refractivity contribution in [1.29, 1.82) is 0 Å². The first-order chi connectivity index (χ1) is 10.1. The van der Waals surface area contributed by atoms with E-state index in [1.807, 2.05) is 0 Å². The quantitative estimate of drug-likeness (QED) is 0.454. The number of nitrogens with zero attached hydrogens (tertiary/aromatic N) is 2. The summed E-state index contributed by atoms with van der Waals surface area (Å²) in [5.41, 5.74) is 5.95. The molecule has 5 nitrogen and oxygen atoms in total. The van der Waals surface area contributed by atoms with Gasteiger partial charge in [-0.2, -0.15) is 0 Å². The molecule has 0 aromatic carbocycles. The van der Waals surface area contributed by atoms with Gasteiger partial charge in [-0.1, -0.05) is 12.7 Å². The number of hydrogen-bond acceptors (Lipinski definition) is 5. The van der Waals surface area contributed by atoms with Crippen molar-refractivity contribution in [2.75, 3.05) is 0 Å². The number of halogens is 1. The molecule has 1 rings (SSSR count). The Bertz CT molecular complexity index is 547. The Balaban J connectivity index is 2.71. The number of allylic oxidation sites excluding steroid dienone is 2. The maximum Gasteiger partial charge on any atom is 0.181 e. The Kier molecular flexibility index (Phi) is 6.83. The molecule has 0 radical (unpaired) electrons. The van der Waals surface area contributed by atoms with Crippen LogP contribution < -0.4 is 5.73 Å². The number of nitrogens with two attached hydrogens (primary N) is 1. The Morgan fingerprint density at radius 1 is 1.57 bits per heavy atom. The van der Waals surface area contributed by atoms with E-state index in [9.17, 15) is 4.39 Å². The maximum atomic E-state index is 13.4. The average molecular weight is 291 g/mol. The number of aromatic nitrogens is 1. The Labute approximate surface area is 123 Å². The van der Waals surface area contributed by atoms with E-state index in [-0.39, 0.29) is 0 Å². The van der Waals surface area contributed by atoms with Gasteiger partial charge >= 0.3 is 0 Å². The molecular weight excluding hydrogens is 273 g/mol. The first-order valence-electron chi connectivity index (χ1n) is 6.20. The second kappa shape index (κ2) is 8.65. The van der Waals surface area contributed by atoms with Gasteiger partial charge in [-0.3, -0.25) is 4.99 Å². The van der Waals surface area contributed by atoms with Crippen LogP contribution >= 0.6 is 0 Å². The van der Waals surface area contributed by atoms with Gasteiger partial charge in [0.05, 0.1) is 18.5 Å². The highest BCUT2D eigenvalue weighted by Crippen LogP contribution is 2.07. The molecule has 0 saturated heterocycles. The van der Waals surface area contributed by atoms with E-state index in [1.165, 1.54) is 37.2 Å². The Morgan fingerprint density at radius 3 is 2.90 bits per heavy atom. The molecule has 0 saturated carbocycles. The van der Waals surface area contributed by atoms with Crippen molar-refractivity contribution in [2.45, 2.75) is 19.1 Å². The molecule has 6 heteroatoms. The number of hydrogen-bond donors (Lipinski definition) is 1. The van der Waals surface area contributed by atoms with E-state index in [0.717, 1.165) is 0 Å². The number of ether oxygens (including phenoxy) is 1.